The number of nitrogens with zero attached hydrogens (tertiary/aromatic N) is 1. The van der Waals surface area contributed by atoms with E-state index in [1.807, 2.05) is 13.8 Å². The highest BCUT2D eigenvalue weighted by Crippen LogP contribution is 2.48. The van der Waals surface area contributed by atoms with Crippen molar-refractivity contribution in [1.82, 2.24) is 5.09 Å². The summed E-state index contributed by atoms with van der Waals surface area (Å²) >= 11 is 0. The minimum Gasteiger partial charge on any atom is -0.376 e. The molecule has 0 aromatic heterocycles. The fraction of sp³-hybridized carbons (Fsp3) is 0.941. The van der Waals surface area contributed by atoms with Gasteiger partial charge >= 0.3 is 7.75 Å². The van der Waals surface area contributed by atoms with E-state index < -0.39 is 33.1 Å². The molecule has 144 valence electrons. The molecule has 0 aromatic carbocycles. The van der Waals surface area contributed by atoms with Crippen LogP contribution in [0.25, 0.3) is 4.85 Å². The fourth-order valence-electron chi connectivity index (χ4n) is 3.00. The molecule has 2 rings (SSSR count). The standard InChI is InChI=1S/C17H31N2O5P/c1-5-6-15(17-13(2)7-10-22-17)19-25(20,23-12-9-18-4)24-16-8-11-21-14(16)3/h13-17H,5-12H2,1-3H3,(H,19,20)/t13-,14+,15+,16-,17-,25?/m0/s1/i3D,10T,11T/t10-,11-,13+,14-,15-,16+,17+,25?/m1. The molecule has 8 heteroatoms. The van der Waals surface area contributed by atoms with Crippen LogP contribution in [0.5, 0.6) is 0 Å². The first-order valence-corrected chi connectivity index (χ1v) is 10.3. The lowest BCUT2D eigenvalue weighted by atomic mass is 9.95. The predicted molar refractivity (Wildman–Crippen MR) is 95.3 cm³/mol. The maximum atomic E-state index is 13.5. The summed E-state index contributed by atoms with van der Waals surface area (Å²) in [6.45, 7) is 9.35. The zero-order valence-corrected chi connectivity index (χ0v) is 15.8. The first-order chi connectivity index (χ1) is 13.3. The molecule has 2 heterocycles. The zero-order valence-electron chi connectivity index (χ0n) is 17.9. The highest BCUT2D eigenvalue weighted by molar-refractivity contribution is 7.51. The van der Waals surface area contributed by atoms with E-state index in [-0.39, 0.29) is 44.5 Å². The Morgan fingerprint density at radius 2 is 2.32 bits per heavy atom. The molecule has 0 bridgehead atoms. The molecule has 0 spiro atoms. The summed E-state index contributed by atoms with van der Waals surface area (Å²) in [5, 5.41) is 2.99. The second kappa shape index (κ2) is 10.0. The summed E-state index contributed by atoms with van der Waals surface area (Å²) in [5.41, 5.74) is 0. The molecule has 1 unspecified atom stereocenters. The Morgan fingerprint density at radius 1 is 1.52 bits per heavy atom. The summed E-state index contributed by atoms with van der Waals surface area (Å²) < 4.78 is 59.0. The van der Waals surface area contributed by atoms with Gasteiger partial charge in [0.2, 0.25) is 6.54 Å². The second-order valence-electron chi connectivity index (χ2n) is 6.44. The molecule has 2 aliphatic rings. The normalized spacial score (nSPS) is 40.6. The van der Waals surface area contributed by atoms with E-state index in [0.29, 0.717) is 12.8 Å². The lowest BCUT2D eigenvalue weighted by Crippen LogP contribution is -2.42. The van der Waals surface area contributed by atoms with Gasteiger partial charge in [-0.05, 0) is 25.7 Å². The molecular formula is C17H31N2O5P. The predicted octanol–water partition coefficient (Wildman–Crippen LogP) is 3.41. The van der Waals surface area contributed by atoms with Crippen LogP contribution < -0.4 is 5.09 Å². The van der Waals surface area contributed by atoms with Gasteiger partial charge in [-0.2, -0.15) is 0 Å². The van der Waals surface area contributed by atoms with Gasteiger partial charge in [0, 0.05) is 27.0 Å². The van der Waals surface area contributed by atoms with Crippen molar-refractivity contribution in [1.29, 1.82) is 0 Å². The van der Waals surface area contributed by atoms with Crippen molar-refractivity contribution in [2.45, 2.75) is 70.8 Å². The topological polar surface area (TPSA) is 70.4 Å². The van der Waals surface area contributed by atoms with Crippen LogP contribution in [-0.2, 0) is 23.1 Å². The van der Waals surface area contributed by atoms with Gasteiger partial charge in [0.15, 0.2) is 0 Å². The van der Waals surface area contributed by atoms with Crippen molar-refractivity contribution in [3.05, 3.63) is 11.4 Å². The van der Waals surface area contributed by atoms with Crippen molar-refractivity contribution in [3.63, 3.8) is 0 Å². The Morgan fingerprint density at radius 3 is 2.96 bits per heavy atom. The molecule has 2 fully saturated rings. The lowest BCUT2D eigenvalue weighted by Gasteiger charge is -2.31. The molecule has 0 amide bonds. The summed E-state index contributed by atoms with van der Waals surface area (Å²) in [6.07, 6.45) is 0.640. The smallest absolute Gasteiger partial charge is 0.376 e. The van der Waals surface area contributed by atoms with E-state index in [2.05, 4.69) is 9.93 Å². The summed E-state index contributed by atoms with van der Waals surface area (Å²) in [6, 6.07) is -0.335. The largest absolute Gasteiger partial charge is 0.406 e. The van der Waals surface area contributed by atoms with Gasteiger partial charge in [-0.1, -0.05) is 20.3 Å². The number of hydrogen-bond acceptors (Lipinski definition) is 5. The number of hydrogen-bond donors (Lipinski definition) is 1. The van der Waals surface area contributed by atoms with Gasteiger partial charge in [0.05, 0.1) is 21.1 Å². The van der Waals surface area contributed by atoms with Crippen LogP contribution in [0.4, 0.5) is 0 Å². The van der Waals surface area contributed by atoms with Crippen LogP contribution in [0.1, 0.15) is 50.5 Å². The molecule has 7 nitrogen and oxygen atoms in total. The van der Waals surface area contributed by atoms with Gasteiger partial charge in [-0.15, -0.1) is 0 Å². The minimum absolute atomic E-state index is 0.0444. The van der Waals surface area contributed by atoms with Crippen LogP contribution in [0.2, 0.25) is 0 Å². The van der Waals surface area contributed by atoms with Crippen molar-refractivity contribution in [2.75, 3.05) is 26.3 Å². The first kappa shape index (κ1) is 16.7. The van der Waals surface area contributed by atoms with Crippen LogP contribution in [0.3, 0.4) is 0 Å². The maximum Gasteiger partial charge on any atom is 0.406 e. The van der Waals surface area contributed by atoms with Crippen molar-refractivity contribution in [3.8, 4) is 0 Å². The maximum absolute atomic E-state index is 13.5. The van der Waals surface area contributed by atoms with E-state index in [1.54, 1.807) is 0 Å². The highest BCUT2D eigenvalue weighted by atomic mass is 31.2. The van der Waals surface area contributed by atoms with Crippen molar-refractivity contribution < 1.29 is 27.2 Å². The zero-order chi connectivity index (χ0) is 20.7. The Balaban J connectivity index is 2.15. The monoisotopic (exact) mass is 379 g/mol. The molecule has 2 saturated heterocycles. The first-order valence-electron chi connectivity index (χ1n) is 10.7. The lowest BCUT2D eigenvalue weighted by molar-refractivity contribution is 0.0433. The molecule has 0 radical (unpaired) electrons. The Hall–Kier alpha value is -0.480. The van der Waals surface area contributed by atoms with Crippen LogP contribution in [0, 0.1) is 12.5 Å². The van der Waals surface area contributed by atoms with E-state index >= 15 is 0 Å². The van der Waals surface area contributed by atoms with Crippen molar-refractivity contribution >= 4 is 7.75 Å². The van der Waals surface area contributed by atoms with Gasteiger partial charge in [0.1, 0.15) is 6.61 Å². The minimum atomic E-state index is -3.84. The molecule has 1 N–H and O–H groups in total. The Bertz CT molecular complexity index is 581. The number of ether oxygens (including phenoxy) is 2. The average molecular weight is 379 g/mol. The summed E-state index contributed by atoms with van der Waals surface area (Å²) in [5.74, 6) is 0.122. The summed E-state index contributed by atoms with van der Waals surface area (Å²) in [7, 11) is -3.84. The Kier molecular flexibility index (Phi) is 6.68. The number of rotatable bonds is 10. The van der Waals surface area contributed by atoms with Crippen LogP contribution in [0.15, 0.2) is 0 Å². The molecular weight excluding hydrogens is 343 g/mol. The van der Waals surface area contributed by atoms with Gasteiger partial charge < -0.3 is 14.3 Å². The van der Waals surface area contributed by atoms with Crippen LogP contribution in [-0.4, -0.2) is 50.7 Å². The van der Waals surface area contributed by atoms with Gasteiger partial charge in [0.25, 0.3) is 0 Å². The molecule has 0 saturated carbocycles. The summed E-state index contributed by atoms with van der Waals surface area (Å²) in [4.78, 5) is 3.22. The average Bonchev–Trinajstić information content (AvgIpc) is 3.15. The van der Waals surface area contributed by atoms with E-state index in [4.69, 9.17) is 29.2 Å². The number of nitrogens with one attached hydrogen (secondary N) is 1. The molecule has 25 heavy (non-hydrogen) atoms. The van der Waals surface area contributed by atoms with Crippen molar-refractivity contribution in [2.24, 2.45) is 5.92 Å². The van der Waals surface area contributed by atoms with Crippen LogP contribution >= 0.6 is 7.75 Å². The quantitative estimate of drug-likeness (QED) is 0.356. The molecule has 0 aromatic rings. The molecule has 0 aliphatic carbocycles. The molecule has 8 atom stereocenters. The highest BCUT2D eigenvalue weighted by Gasteiger charge is 2.40. The third-order valence-electron chi connectivity index (χ3n) is 4.36. The van der Waals surface area contributed by atoms with Gasteiger partial charge in [-0.3, -0.25) is 9.05 Å². The second-order valence-corrected chi connectivity index (χ2v) is 8.16. The fourth-order valence-corrected chi connectivity index (χ4v) is 4.78. The SMILES string of the molecule is [2H]C[C@H]1O[C@H]([3H])C[C@@H]1OP(=O)(N[C@H](CCC)[C@H]1O[C@H]([3H])C[C@@H]1C)OCC[N+]#[C-]. The Labute approximate surface area is 155 Å². The van der Waals surface area contributed by atoms with E-state index in [1.165, 1.54) is 0 Å². The van der Waals surface area contributed by atoms with E-state index in [0.717, 1.165) is 6.42 Å². The molecule has 2 aliphatic heterocycles. The third-order valence-corrected chi connectivity index (χ3v) is 6.07. The van der Waals surface area contributed by atoms with E-state index in [9.17, 15) is 4.57 Å². The third kappa shape index (κ3) is 6.02. The van der Waals surface area contributed by atoms with Gasteiger partial charge in [-0.25, -0.2) is 16.2 Å².